The first-order valence-corrected chi connectivity index (χ1v) is 8.36. The van der Waals surface area contributed by atoms with Gasteiger partial charge in [-0.15, -0.1) is 0 Å². The van der Waals surface area contributed by atoms with E-state index in [1.54, 1.807) is 24.3 Å². The van der Waals surface area contributed by atoms with Crippen LogP contribution in [0.3, 0.4) is 0 Å². The molecule has 2 N–H and O–H groups in total. The number of amides is 2. The van der Waals surface area contributed by atoms with Gasteiger partial charge < -0.3 is 10.6 Å². The van der Waals surface area contributed by atoms with Crippen molar-refractivity contribution in [3.05, 3.63) is 59.7 Å². The fourth-order valence-electron chi connectivity index (χ4n) is 2.45. The number of hydrogen-bond donors (Lipinski definition) is 2. The van der Waals surface area contributed by atoms with Gasteiger partial charge in [0.05, 0.1) is 0 Å². The van der Waals surface area contributed by atoms with E-state index < -0.39 is 0 Å². The first-order valence-electron chi connectivity index (χ1n) is 8.36. The zero-order valence-corrected chi connectivity index (χ0v) is 14.3. The molecule has 0 spiro atoms. The molecule has 0 saturated carbocycles. The molecule has 4 heteroatoms. The Labute approximate surface area is 143 Å². The van der Waals surface area contributed by atoms with Gasteiger partial charge in [-0.1, -0.05) is 31.9 Å². The third kappa shape index (κ3) is 5.54. The van der Waals surface area contributed by atoms with E-state index in [4.69, 9.17) is 0 Å². The van der Waals surface area contributed by atoms with Crippen molar-refractivity contribution in [2.45, 2.75) is 39.5 Å². The van der Waals surface area contributed by atoms with Gasteiger partial charge in [0.1, 0.15) is 0 Å². The van der Waals surface area contributed by atoms with Crippen LogP contribution in [0.1, 0.15) is 49.0 Å². The molecule has 24 heavy (non-hydrogen) atoms. The molecule has 2 amide bonds. The normalized spacial score (nSPS) is 10.2. The number of rotatable bonds is 7. The Balaban J connectivity index is 1.92. The van der Waals surface area contributed by atoms with Crippen LogP contribution < -0.4 is 10.6 Å². The summed E-state index contributed by atoms with van der Waals surface area (Å²) in [6, 6.07) is 14.8. The van der Waals surface area contributed by atoms with Crippen LogP contribution in [-0.2, 0) is 11.2 Å². The third-order valence-corrected chi connectivity index (χ3v) is 3.75. The maximum Gasteiger partial charge on any atom is 0.255 e. The molecule has 2 aromatic rings. The van der Waals surface area contributed by atoms with E-state index in [1.165, 1.54) is 31.7 Å². The monoisotopic (exact) mass is 324 g/mol. The van der Waals surface area contributed by atoms with Crippen molar-refractivity contribution in [3.8, 4) is 0 Å². The highest BCUT2D eigenvalue weighted by Crippen LogP contribution is 2.15. The van der Waals surface area contributed by atoms with Crippen LogP contribution in [-0.4, -0.2) is 11.8 Å². The zero-order valence-electron chi connectivity index (χ0n) is 14.3. The SMILES string of the molecule is CCCCCc1ccc(NC(=O)c2ccc(NC(C)=O)cc2)cc1. The van der Waals surface area contributed by atoms with Crippen LogP contribution in [0.2, 0.25) is 0 Å². The largest absolute Gasteiger partial charge is 0.326 e. The summed E-state index contributed by atoms with van der Waals surface area (Å²) in [6.45, 7) is 3.65. The van der Waals surface area contributed by atoms with Crippen molar-refractivity contribution in [1.29, 1.82) is 0 Å². The lowest BCUT2D eigenvalue weighted by Gasteiger charge is -2.08. The molecule has 0 saturated heterocycles. The maximum atomic E-state index is 12.2. The quantitative estimate of drug-likeness (QED) is 0.730. The van der Waals surface area contributed by atoms with Crippen molar-refractivity contribution >= 4 is 23.2 Å². The van der Waals surface area contributed by atoms with Gasteiger partial charge in [-0.2, -0.15) is 0 Å². The second-order valence-corrected chi connectivity index (χ2v) is 5.87. The summed E-state index contributed by atoms with van der Waals surface area (Å²) in [6.07, 6.45) is 4.73. The van der Waals surface area contributed by atoms with Gasteiger partial charge in [0.15, 0.2) is 0 Å². The minimum atomic E-state index is -0.164. The molecule has 0 radical (unpaired) electrons. The van der Waals surface area contributed by atoms with Crippen LogP contribution >= 0.6 is 0 Å². The number of carbonyl (C=O) groups is 2. The molecule has 2 rings (SSSR count). The molecular formula is C20H24N2O2. The summed E-state index contributed by atoms with van der Waals surface area (Å²) in [5, 5.41) is 5.56. The summed E-state index contributed by atoms with van der Waals surface area (Å²) in [5.74, 6) is -0.297. The van der Waals surface area contributed by atoms with Gasteiger partial charge in [-0.05, 0) is 54.8 Å². The number of benzene rings is 2. The van der Waals surface area contributed by atoms with E-state index in [-0.39, 0.29) is 11.8 Å². The molecule has 0 bridgehead atoms. The lowest BCUT2D eigenvalue weighted by molar-refractivity contribution is -0.114. The molecular weight excluding hydrogens is 300 g/mol. The number of carbonyl (C=O) groups excluding carboxylic acids is 2. The standard InChI is InChI=1S/C20H24N2O2/c1-3-4-5-6-16-7-11-19(12-8-16)22-20(24)17-9-13-18(14-10-17)21-15(2)23/h7-14H,3-6H2,1-2H3,(H,21,23)(H,22,24). The lowest BCUT2D eigenvalue weighted by atomic mass is 10.1. The van der Waals surface area contributed by atoms with Crippen LogP contribution in [0.4, 0.5) is 11.4 Å². The zero-order chi connectivity index (χ0) is 17.4. The van der Waals surface area contributed by atoms with Crippen molar-refractivity contribution in [1.82, 2.24) is 0 Å². The molecule has 0 unspecified atom stereocenters. The minimum Gasteiger partial charge on any atom is -0.326 e. The Kier molecular flexibility index (Phi) is 6.55. The van der Waals surface area contributed by atoms with Gasteiger partial charge >= 0.3 is 0 Å². The molecule has 2 aromatic carbocycles. The molecule has 0 aliphatic rings. The summed E-state index contributed by atoms with van der Waals surface area (Å²) >= 11 is 0. The smallest absolute Gasteiger partial charge is 0.255 e. The average molecular weight is 324 g/mol. The second-order valence-electron chi connectivity index (χ2n) is 5.87. The van der Waals surface area contributed by atoms with Crippen LogP contribution in [0, 0.1) is 0 Å². The second kappa shape index (κ2) is 8.87. The first kappa shape index (κ1) is 17.7. The lowest BCUT2D eigenvalue weighted by Crippen LogP contribution is -2.12. The van der Waals surface area contributed by atoms with Crippen molar-refractivity contribution in [2.75, 3.05) is 10.6 Å². The Morgan fingerprint density at radius 3 is 2.00 bits per heavy atom. The van der Waals surface area contributed by atoms with E-state index in [1.807, 2.05) is 12.1 Å². The molecule has 0 aliphatic heterocycles. The van der Waals surface area contributed by atoms with Gasteiger partial charge in [0.2, 0.25) is 5.91 Å². The van der Waals surface area contributed by atoms with Crippen molar-refractivity contribution in [2.24, 2.45) is 0 Å². The van der Waals surface area contributed by atoms with E-state index in [0.717, 1.165) is 12.1 Å². The number of anilines is 2. The molecule has 0 atom stereocenters. The van der Waals surface area contributed by atoms with E-state index in [0.29, 0.717) is 11.3 Å². The predicted octanol–water partition coefficient (Wildman–Crippen LogP) is 4.63. The summed E-state index contributed by atoms with van der Waals surface area (Å²) in [5.41, 5.74) is 3.30. The number of nitrogens with one attached hydrogen (secondary N) is 2. The molecule has 0 aliphatic carbocycles. The highest BCUT2D eigenvalue weighted by atomic mass is 16.2. The average Bonchev–Trinajstić information content (AvgIpc) is 2.57. The Morgan fingerprint density at radius 2 is 1.42 bits per heavy atom. The summed E-state index contributed by atoms with van der Waals surface area (Å²) in [7, 11) is 0. The molecule has 0 fully saturated rings. The van der Waals surface area contributed by atoms with Crippen molar-refractivity contribution < 1.29 is 9.59 Å². The summed E-state index contributed by atoms with van der Waals surface area (Å²) < 4.78 is 0. The number of hydrogen-bond acceptors (Lipinski definition) is 2. The van der Waals surface area contributed by atoms with Gasteiger partial charge in [0, 0.05) is 23.9 Å². The molecule has 0 aromatic heterocycles. The Hall–Kier alpha value is -2.62. The van der Waals surface area contributed by atoms with Crippen molar-refractivity contribution in [3.63, 3.8) is 0 Å². The minimum absolute atomic E-state index is 0.133. The topological polar surface area (TPSA) is 58.2 Å². The Morgan fingerprint density at radius 1 is 0.833 bits per heavy atom. The highest BCUT2D eigenvalue weighted by molar-refractivity contribution is 6.04. The first-order chi connectivity index (χ1) is 11.6. The van der Waals surface area contributed by atoms with E-state index >= 15 is 0 Å². The molecule has 4 nitrogen and oxygen atoms in total. The molecule has 0 heterocycles. The van der Waals surface area contributed by atoms with Crippen LogP contribution in [0.15, 0.2) is 48.5 Å². The fourth-order valence-corrected chi connectivity index (χ4v) is 2.45. The van der Waals surface area contributed by atoms with Gasteiger partial charge in [-0.25, -0.2) is 0 Å². The van der Waals surface area contributed by atoms with Crippen LogP contribution in [0.5, 0.6) is 0 Å². The van der Waals surface area contributed by atoms with E-state index in [9.17, 15) is 9.59 Å². The fraction of sp³-hybridized carbons (Fsp3) is 0.300. The van der Waals surface area contributed by atoms with Gasteiger partial charge in [0.25, 0.3) is 5.91 Å². The number of aryl methyl sites for hydroxylation is 1. The number of unbranched alkanes of at least 4 members (excludes halogenated alkanes) is 2. The molecule has 126 valence electrons. The summed E-state index contributed by atoms with van der Waals surface area (Å²) in [4.78, 5) is 23.2. The Bertz CT molecular complexity index is 676. The van der Waals surface area contributed by atoms with E-state index in [2.05, 4.69) is 29.7 Å². The highest BCUT2D eigenvalue weighted by Gasteiger charge is 2.06. The van der Waals surface area contributed by atoms with Gasteiger partial charge in [-0.3, -0.25) is 9.59 Å². The van der Waals surface area contributed by atoms with Crippen LogP contribution in [0.25, 0.3) is 0 Å². The third-order valence-electron chi connectivity index (χ3n) is 3.75. The maximum absolute atomic E-state index is 12.2. The predicted molar refractivity (Wildman–Crippen MR) is 98.4 cm³/mol.